The average Bonchev–Trinajstić information content (AvgIpc) is 1.82. The molecule has 0 saturated heterocycles. The van der Waals surface area contributed by atoms with Gasteiger partial charge in [-0.05, 0) is 18.3 Å². The predicted molar refractivity (Wildman–Crippen MR) is 39.3 cm³/mol. The van der Waals surface area contributed by atoms with Gasteiger partial charge in [0, 0.05) is 6.42 Å². The van der Waals surface area contributed by atoms with Crippen LogP contribution < -0.4 is 0 Å². The topological polar surface area (TPSA) is 17.1 Å². The van der Waals surface area contributed by atoms with Gasteiger partial charge in [0.05, 0.1) is 0 Å². The van der Waals surface area contributed by atoms with Crippen LogP contribution in [0.25, 0.3) is 0 Å². The van der Waals surface area contributed by atoms with E-state index in [0.717, 1.165) is 19.1 Å². The van der Waals surface area contributed by atoms with E-state index in [9.17, 15) is 4.79 Å². The van der Waals surface area contributed by atoms with Gasteiger partial charge in [-0.2, -0.15) is 0 Å². The third-order valence-corrected chi connectivity index (χ3v) is 1.88. The van der Waals surface area contributed by atoms with Gasteiger partial charge in [0.1, 0.15) is 6.29 Å². The van der Waals surface area contributed by atoms with Crippen molar-refractivity contribution < 1.29 is 4.79 Å². The van der Waals surface area contributed by atoms with E-state index >= 15 is 0 Å². The highest BCUT2D eigenvalue weighted by atomic mass is 16.1. The third kappa shape index (κ3) is 4.19. The summed E-state index contributed by atoms with van der Waals surface area (Å²) in [7, 11) is 0. The summed E-state index contributed by atoms with van der Waals surface area (Å²) in [4.78, 5) is 9.93. The zero-order valence-corrected chi connectivity index (χ0v) is 6.55. The van der Waals surface area contributed by atoms with Crippen molar-refractivity contribution in [3.63, 3.8) is 0 Å². The number of aldehydes is 1. The number of hydrogen-bond donors (Lipinski definition) is 0. The molecule has 0 amide bonds. The van der Waals surface area contributed by atoms with E-state index in [0.29, 0.717) is 11.8 Å². The van der Waals surface area contributed by atoms with E-state index in [1.54, 1.807) is 0 Å². The van der Waals surface area contributed by atoms with E-state index < -0.39 is 0 Å². The van der Waals surface area contributed by atoms with Crippen molar-refractivity contribution in [1.82, 2.24) is 0 Å². The normalized spacial score (nSPS) is 13.8. The first-order valence-electron chi connectivity index (χ1n) is 3.62. The summed E-state index contributed by atoms with van der Waals surface area (Å²) < 4.78 is 0. The molecular weight excluding hydrogens is 112 g/mol. The molecule has 0 unspecified atom stereocenters. The Morgan fingerprint density at radius 3 is 2.22 bits per heavy atom. The van der Waals surface area contributed by atoms with Crippen LogP contribution in [0.2, 0.25) is 0 Å². The molecule has 0 aromatic heterocycles. The zero-order valence-electron chi connectivity index (χ0n) is 6.55. The lowest BCUT2D eigenvalue weighted by molar-refractivity contribution is -0.108. The van der Waals surface area contributed by atoms with Crippen LogP contribution in [0.15, 0.2) is 0 Å². The fourth-order valence-corrected chi connectivity index (χ4v) is 0.664. The monoisotopic (exact) mass is 128 g/mol. The van der Waals surface area contributed by atoms with Gasteiger partial charge < -0.3 is 4.79 Å². The average molecular weight is 128 g/mol. The molecule has 0 N–H and O–H groups in total. The maximum atomic E-state index is 9.93. The second-order valence-corrected chi connectivity index (χ2v) is 2.97. The lowest BCUT2D eigenvalue weighted by Gasteiger charge is -2.12. The largest absolute Gasteiger partial charge is 0.303 e. The molecule has 0 aromatic carbocycles. The Hall–Kier alpha value is -0.330. The maximum Gasteiger partial charge on any atom is 0.120 e. The van der Waals surface area contributed by atoms with E-state index in [-0.39, 0.29) is 0 Å². The summed E-state index contributed by atoms with van der Waals surface area (Å²) in [5, 5.41) is 0. The minimum atomic E-state index is 0.690. The van der Waals surface area contributed by atoms with Crippen molar-refractivity contribution >= 4 is 6.29 Å². The molecule has 0 bridgehead atoms. The summed E-state index contributed by atoms with van der Waals surface area (Å²) >= 11 is 0. The summed E-state index contributed by atoms with van der Waals surface area (Å²) in [6, 6.07) is 0. The van der Waals surface area contributed by atoms with Crippen LogP contribution >= 0.6 is 0 Å². The molecule has 0 aliphatic carbocycles. The first-order valence-corrected chi connectivity index (χ1v) is 3.62. The van der Waals surface area contributed by atoms with Crippen LogP contribution in [0.5, 0.6) is 0 Å². The second-order valence-electron chi connectivity index (χ2n) is 2.97. The van der Waals surface area contributed by atoms with Gasteiger partial charge in [0.25, 0.3) is 0 Å². The third-order valence-electron chi connectivity index (χ3n) is 1.88. The molecule has 0 spiro atoms. The van der Waals surface area contributed by atoms with Crippen molar-refractivity contribution in [2.24, 2.45) is 11.8 Å². The molecule has 1 heteroatoms. The highest BCUT2D eigenvalue weighted by Gasteiger charge is 2.04. The molecule has 0 aliphatic rings. The van der Waals surface area contributed by atoms with Gasteiger partial charge >= 0.3 is 0 Å². The standard InChI is InChI=1S/C8H16O/c1-7(2)8(3)5-4-6-9/h6-8H,4-5H2,1-3H3/t8-/m0/s1. The van der Waals surface area contributed by atoms with Crippen LogP contribution in [0.3, 0.4) is 0 Å². The van der Waals surface area contributed by atoms with Gasteiger partial charge in [-0.15, -0.1) is 0 Å². The first-order chi connectivity index (χ1) is 4.18. The maximum absolute atomic E-state index is 9.93. The Morgan fingerprint density at radius 1 is 1.33 bits per heavy atom. The Bertz CT molecular complexity index is 76.6. The highest BCUT2D eigenvalue weighted by molar-refractivity contribution is 5.49. The van der Waals surface area contributed by atoms with Crippen LogP contribution in [0.1, 0.15) is 33.6 Å². The lowest BCUT2D eigenvalue weighted by Crippen LogP contribution is -2.03. The minimum absolute atomic E-state index is 0.690. The fourth-order valence-electron chi connectivity index (χ4n) is 0.664. The molecule has 54 valence electrons. The lowest BCUT2D eigenvalue weighted by atomic mass is 9.94. The molecular formula is C8H16O. The molecule has 0 aromatic rings. The van der Waals surface area contributed by atoms with Crippen LogP contribution in [-0.2, 0) is 4.79 Å². The Balaban J connectivity index is 3.26. The Labute approximate surface area is 57.5 Å². The molecule has 9 heavy (non-hydrogen) atoms. The van der Waals surface area contributed by atoms with Crippen molar-refractivity contribution in [2.45, 2.75) is 33.6 Å². The fraction of sp³-hybridized carbons (Fsp3) is 0.875. The SMILES string of the molecule is CC(C)[C@@H](C)CCC=O. The van der Waals surface area contributed by atoms with Crippen LogP contribution in [0.4, 0.5) is 0 Å². The molecule has 1 nitrogen and oxygen atoms in total. The molecule has 0 aliphatic heterocycles. The molecule has 0 rings (SSSR count). The Morgan fingerprint density at radius 2 is 1.89 bits per heavy atom. The van der Waals surface area contributed by atoms with Gasteiger partial charge in [0.2, 0.25) is 0 Å². The van der Waals surface area contributed by atoms with Crippen molar-refractivity contribution in [2.75, 3.05) is 0 Å². The van der Waals surface area contributed by atoms with Crippen molar-refractivity contribution in [1.29, 1.82) is 0 Å². The first kappa shape index (κ1) is 8.67. The summed E-state index contributed by atoms with van der Waals surface area (Å²) in [5.41, 5.74) is 0. The van der Waals surface area contributed by atoms with E-state index in [1.165, 1.54) is 0 Å². The summed E-state index contributed by atoms with van der Waals surface area (Å²) in [6.45, 7) is 6.57. The highest BCUT2D eigenvalue weighted by Crippen LogP contribution is 2.14. The van der Waals surface area contributed by atoms with E-state index in [1.807, 2.05) is 0 Å². The van der Waals surface area contributed by atoms with Crippen LogP contribution in [-0.4, -0.2) is 6.29 Å². The smallest absolute Gasteiger partial charge is 0.120 e. The summed E-state index contributed by atoms with van der Waals surface area (Å²) in [6.07, 6.45) is 2.76. The number of rotatable bonds is 4. The second kappa shape index (κ2) is 4.54. The van der Waals surface area contributed by atoms with Gasteiger partial charge in [-0.3, -0.25) is 0 Å². The van der Waals surface area contributed by atoms with Crippen molar-refractivity contribution in [3.05, 3.63) is 0 Å². The minimum Gasteiger partial charge on any atom is -0.303 e. The van der Waals surface area contributed by atoms with E-state index in [4.69, 9.17) is 0 Å². The van der Waals surface area contributed by atoms with Gasteiger partial charge in [0.15, 0.2) is 0 Å². The number of carbonyl (C=O) groups is 1. The van der Waals surface area contributed by atoms with Crippen LogP contribution in [0, 0.1) is 11.8 Å². The van der Waals surface area contributed by atoms with E-state index in [2.05, 4.69) is 20.8 Å². The Kier molecular flexibility index (Phi) is 4.37. The predicted octanol–water partition coefficient (Wildman–Crippen LogP) is 2.26. The number of carbonyl (C=O) groups excluding carboxylic acids is 1. The molecule has 0 fully saturated rings. The molecule has 1 atom stereocenters. The summed E-state index contributed by atoms with van der Waals surface area (Å²) in [5.74, 6) is 1.40. The molecule has 0 saturated carbocycles. The van der Waals surface area contributed by atoms with Gasteiger partial charge in [-0.1, -0.05) is 20.8 Å². The molecule has 0 radical (unpaired) electrons. The molecule has 0 heterocycles. The van der Waals surface area contributed by atoms with Crippen molar-refractivity contribution in [3.8, 4) is 0 Å². The zero-order chi connectivity index (χ0) is 7.28. The van der Waals surface area contributed by atoms with Gasteiger partial charge in [-0.25, -0.2) is 0 Å². The quantitative estimate of drug-likeness (QED) is 0.531. The number of hydrogen-bond acceptors (Lipinski definition) is 1.